The van der Waals surface area contributed by atoms with Crippen LogP contribution in [0.4, 0.5) is 0 Å². The Morgan fingerprint density at radius 2 is 2.05 bits per heavy atom. The predicted molar refractivity (Wildman–Crippen MR) is 77.0 cm³/mol. The van der Waals surface area contributed by atoms with Gasteiger partial charge in [0.2, 0.25) is 5.91 Å². The number of Topliss-reactive ketones (excluding diaryl/α,β-unsaturated/α-hetero) is 1. The molecule has 1 saturated heterocycles. The van der Waals surface area contributed by atoms with E-state index in [1.54, 1.807) is 6.92 Å². The molecule has 0 aliphatic carbocycles. The lowest BCUT2D eigenvalue weighted by Gasteiger charge is -2.36. The Labute approximate surface area is 116 Å². The van der Waals surface area contributed by atoms with Crippen LogP contribution in [0.2, 0.25) is 0 Å². The summed E-state index contributed by atoms with van der Waals surface area (Å²) in [4.78, 5) is 25.9. The smallest absolute Gasteiger partial charge is 0.237 e. The van der Waals surface area contributed by atoms with Crippen LogP contribution in [-0.2, 0) is 9.59 Å². The van der Waals surface area contributed by atoms with Gasteiger partial charge in [0, 0.05) is 18.0 Å². The molecule has 0 aromatic rings. The molecule has 1 N–H and O–H groups in total. The number of hydrogen-bond acceptors (Lipinski definition) is 3. The van der Waals surface area contributed by atoms with Crippen molar-refractivity contribution in [2.45, 2.75) is 65.5 Å². The normalized spacial score (nSPS) is 22.9. The second kappa shape index (κ2) is 6.51. The van der Waals surface area contributed by atoms with Gasteiger partial charge in [-0.15, -0.1) is 0 Å². The van der Waals surface area contributed by atoms with Gasteiger partial charge in [0.25, 0.3) is 0 Å². The zero-order valence-electron chi connectivity index (χ0n) is 13.0. The summed E-state index contributed by atoms with van der Waals surface area (Å²) in [5.41, 5.74) is -0.166. The topological polar surface area (TPSA) is 49.4 Å². The Morgan fingerprint density at radius 3 is 2.58 bits per heavy atom. The first-order valence-electron chi connectivity index (χ1n) is 7.33. The molecule has 0 spiro atoms. The highest BCUT2D eigenvalue weighted by Gasteiger charge is 2.30. The third-order valence-corrected chi connectivity index (χ3v) is 4.30. The number of piperidine rings is 1. The van der Waals surface area contributed by atoms with Crippen LogP contribution >= 0.6 is 0 Å². The largest absolute Gasteiger partial charge is 0.350 e. The zero-order chi connectivity index (χ0) is 14.6. The van der Waals surface area contributed by atoms with Crippen molar-refractivity contribution >= 4 is 11.7 Å². The summed E-state index contributed by atoms with van der Waals surface area (Å²) >= 11 is 0. The SMILES string of the molecule is CCC(C)(C)NC(=O)C(C)N1CCCC(C(C)=O)C1. The van der Waals surface area contributed by atoms with E-state index in [1.165, 1.54) is 0 Å². The highest BCUT2D eigenvalue weighted by atomic mass is 16.2. The molecule has 110 valence electrons. The third-order valence-electron chi connectivity index (χ3n) is 4.30. The minimum absolute atomic E-state index is 0.0658. The Morgan fingerprint density at radius 1 is 1.42 bits per heavy atom. The lowest BCUT2D eigenvalue weighted by atomic mass is 9.93. The molecule has 2 atom stereocenters. The van der Waals surface area contributed by atoms with Gasteiger partial charge < -0.3 is 5.32 Å². The van der Waals surface area contributed by atoms with Crippen molar-refractivity contribution < 1.29 is 9.59 Å². The lowest BCUT2D eigenvalue weighted by molar-refractivity contribution is -0.130. The van der Waals surface area contributed by atoms with Crippen LogP contribution in [0.3, 0.4) is 0 Å². The van der Waals surface area contributed by atoms with Gasteiger partial charge in [0.05, 0.1) is 6.04 Å². The van der Waals surface area contributed by atoms with E-state index in [9.17, 15) is 9.59 Å². The van der Waals surface area contributed by atoms with E-state index >= 15 is 0 Å². The van der Waals surface area contributed by atoms with Gasteiger partial charge in [-0.3, -0.25) is 14.5 Å². The van der Waals surface area contributed by atoms with Crippen molar-refractivity contribution in [1.82, 2.24) is 10.2 Å². The van der Waals surface area contributed by atoms with E-state index < -0.39 is 0 Å². The maximum absolute atomic E-state index is 12.3. The fourth-order valence-electron chi connectivity index (χ4n) is 2.38. The van der Waals surface area contributed by atoms with Gasteiger partial charge >= 0.3 is 0 Å². The molecular formula is C15H28N2O2. The fourth-order valence-corrected chi connectivity index (χ4v) is 2.38. The van der Waals surface area contributed by atoms with E-state index in [-0.39, 0.29) is 29.2 Å². The zero-order valence-corrected chi connectivity index (χ0v) is 13.0. The van der Waals surface area contributed by atoms with E-state index in [4.69, 9.17) is 0 Å². The molecule has 19 heavy (non-hydrogen) atoms. The third kappa shape index (κ3) is 4.60. The number of nitrogens with one attached hydrogen (secondary N) is 1. The van der Waals surface area contributed by atoms with E-state index in [2.05, 4.69) is 17.1 Å². The van der Waals surface area contributed by atoms with Crippen molar-refractivity contribution in [2.24, 2.45) is 5.92 Å². The van der Waals surface area contributed by atoms with Crippen molar-refractivity contribution in [3.63, 3.8) is 0 Å². The van der Waals surface area contributed by atoms with Crippen LogP contribution in [-0.4, -0.2) is 41.3 Å². The number of hydrogen-bond donors (Lipinski definition) is 1. The van der Waals surface area contributed by atoms with Crippen LogP contribution < -0.4 is 5.32 Å². The van der Waals surface area contributed by atoms with E-state index in [1.807, 2.05) is 20.8 Å². The molecule has 0 aromatic heterocycles. The van der Waals surface area contributed by atoms with E-state index in [0.29, 0.717) is 0 Å². The molecule has 0 bridgehead atoms. The van der Waals surface area contributed by atoms with Crippen LogP contribution in [0.5, 0.6) is 0 Å². The van der Waals surface area contributed by atoms with Crippen molar-refractivity contribution in [1.29, 1.82) is 0 Å². The van der Waals surface area contributed by atoms with E-state index in [0.717, 1.165) is 32.4 Å². The average molecular weight is 268 g/mol. The summed E-state index contributed by atoms with van der Waals surface area (Å²) in [7, 11) is 0. The quantitative estimate of drug-likeness (QED) is 0.829. The molecule has 1 heterocycles. The summed E-state index contributed by atoms with van der Waals surface area (Å²) in [6.07, 6.45) is 2.86. The lowest BCUT2D eigenvalue weighted by Crippen LogP contribution is -2.54. The first-order valence-corrected chi connectivity index (χ1v) is 7.33. The highest BCUT2D eigenvalue weighted by Crippen LogP contribution is 2.19. The Bertz CT molecular complexity index is 339. The minimum Gasteiger partial charge on any atom is -0.350 e. The van der Waals surface area contributed by atoms with Gasteiger partial charge in [-0.25, -0.2) is 0 Å². The first-order chi connectivity index (χ1) is 8.76. The second-order valence-corrected chi connectivity index (χ2v) is 6.35. The van der Waals surface area contributed by atoms with Crippen LogP contribution in [0.1, 0.15) is 53.9 Å². The standard InChI is InChI=1S/C15H28N2O2/c1-6-15(4,5)16-14(19)11(2)17-9-7-8-13(10-17)12(3)18/h11,13H,6-10H2,1-5H3,(H,16,19). The number of nitrogens with zero attached hydrogens (tertiary/aromatic N) is 1. The molecule has 1 fully saturated rings. The number of likely N-dealkylation sites (tertiary alicyclic amines) is 1. The van der Waals surface area contributed by atoms with Gasteiger partial charge in [-0.1, -0.05) is 6.92 Å². The van der Waals surface area contributed by atoms with Crippen LogP contribution in [0.15, 0.2) is 0 Å². The van der Waals surface area contributed by atoms with Crippen molar-refractivity contribution in [2.75, 3.05) is 13.1 Å². The molecule has 1 aliphatic rings. The van der Waals surface area contributed by atoms with Gasteiger partial charge in [-0.2, -0.15) is 0 Å². The fraction of sp³-hybridized carbons (Fsp3) is 0.867. The van der Waals surface area contributed by atoms with Gasteiger partial charge in [0.1, 0.15) is 5.78 Å². The number of carbonyl (C=O) groups is 2. The Balaban J connectivity index is 2.59. The number of rotatable bonds is 5. The molecule has 1 rings (SSSR count). The molecule has 0 saturated carbocycles. The minimum atomic E-state index is -0.166. The second-order valence-electron chi connectivity index (χ2n) is 6.35. The van der Waals surface area contributed by atoms with Crippen molar-refractivity contribution in [3.05, 3.63) is 0 Å². The molecule has 1 amide bonds. The summed E-state index contributed by atoms with van der Waals surface area (Å²) in [6.45, 7) is 11.3. The summed E-state index contributed by atoms with van der Waals surface area (Å²) in [5, 5.41) is 3.08. The summed E-state index contributed by atoms with van der Waals surface area (Å²) in [5.74, 6) is 0.408. The molecule has 1 aliphatic heterocycles. The monoisotopic (exact) mass is 268 g/mol. The molecule has 0 aromatic carbocycles. The Kier molecular flexibility index (Phi) is 5.53. The van der Waals surface area contributed by atoms with Gasteiger partial charge in [-0.05, 0) is 53.5 Å². The highest BCUT2D eigenvalue weighted by molar-refractivity contribution is 5.82. The maximum Gasteiger partial charge on any atom is 0.237 e. The van der Waals surface area contributed by atoms with Crippen LogP contribution in [0, 0.1) is 5.92 Å². The number of amides is 1. The van der Waals surface area contributed by atoms with Gasteiger partial charge in [0.15, 0.2) is 0 Å². The molecule has 0 radical (unpaired) electrons. The summed E-state index contributed by atoms with van der Waals surface area (Å²) < 4.78 is 0. The molecule has 4 heteroatoms. The molecule has 2 unspecified atom stereocenters. The predicted octanol–water partition coefficient (Wildman–Crippen LogP) is 1.98. The molecular weight excluding hydrogens is 240 g/mol. The van der Waals surface area contributed by atoms with Crippen LogP contribution in [0.25, 0.3) is 0 Å². The molecule has 4 nitrogen and oxygen atoms in total. The number of ketones is 1. The average Bonchev–Trinajstić information content (AvgIpc) is 2.37. The number of carbonyl (C=O) groups excluding carboxylic acids is 2. The Hall–Kier alpha value is -0.900. The van der Waals surface area contributed by atoms with Crippen molar-refractivity contribution in [3.8, 4) is 0 Å². The first kappa shape index (κ1) is 16.2. The summed E-state index contributed by atoms with van der Waals surface area (Å²) in [6, 6.07) is -0.159. The maximum atomic E-state index is 12.3.